The SMILES string of the molecule is COC1(C(C)(C)C)C=CC=CC1C=O. The quantitative estimate of drug-likeness (QED) is 0.631. The molecule has 0 N–H and O–H groups in total. The van der Waals surface area contributed by atoms with Gasteiger partial charge in [0.2, 0.25) is 0 Å². The first kappa shape index (κ1) is 11.2. The van der Waals surface area contributed by atoms with Gasteiger partial charge in [0.15, 0.2) is 0 Å². The average Bonchev–Trinajstić information content (AvgIpc) is 2.15. The van der Waals surface area contributed by atoms with Crippen molar-refractivity contribution in [3.63, 3.8) is 0 Å². The molecule has 0 amide bonds. The highest BCUT2D eigenvalue weighted by Crippen LogP contribution is 2.42. The molecule has 0 bridgehead atoms. The lowest BCUT2D eigenvalue weighted by Crippen LogP contribution is -2.50. The highest BCUT2D eigenvalue weighted by atomic mass is 16.5. The summed E-state index contributed by atoms with van der Waals surface area (Å²) >= 11 is 0. The predicted octanol–water partition coefficient (Wildman–Crippen LogP) is 2.36. The second-order valence-electron chi connectivity index (χ2n) is 4.65. The molecule has 0 aromatic rings. The summed E-state index contributed by atoms with van der Waals surface area (Å²) in [5.41, 5.74) is -0.613. The number of rotatable bonds is 2. The van der Waals surface area contributed by atoms with Crippen LogP contribution in [0.2, 0.25) is 0 Å². The van der Waals surface area contributed by atoms with E-state index in [2.05, 4.69) is 20.8 Å². The summed E-state index contributed by atoms with van der Waals surface area (Å²) in [4.78, 5) is 11.0. The summed E-state index contributed by atoms with van der Waals surface area (Å²) in [6.45, 7) is 6.24. The maximum Gasteiger partial charge on any atom is 0.130 e. The molecule has 0 spiro atoms. The van der Waals surface area contributed by atoms with Gasteiger partial charge < -0.3 is 9.53 Å². The fourth-order valence-corrected chi connectivity index (χ4v) is 2.04. The van der Waals surface area contributed by atoms with Crippen LogP contribution in [0.25, 0.3) is 0 Å². The molecule has 2 heteroatoms. The maximum absolute atomic E-state index is 11.0. The largest absolute Gasteiger partial charge is 0.373 e. The Hall–Kier alpha value is -0.890. The summed E-state index contributed by atoms with van der Waals surface area (Å²) in [5.74, 6) is -0.197. The number of methoxy groups -OCH3 is 1. The van der Waals surface area contributed by atoms with Crippen molar-refractivity contribution in [3.05, 3.63) is 24.3 Å². The zero-order chi connectivity index (χ0) is 10.8. The van der Waals surface area contributed by atoms with Gasteiger partial charge in [-0.3, -0.25) is 0 Å². The van der Waals surface area contributed by atoms with Gasteiger partial charge >= 0.3 is 0 Å². The number of carbonyl (C=O) groups is 1. The molecular weight excluding hydrogens is 176 g/mol. The molecule has 2 nitrogen and oxygen atoms in total. The van der Waals surface area contributed by atoms with Crippen molar-refractivity contribution >= 4 is 6.29 Å². The molecule has 0 aliphatic heterocycles. The first-order valence-corrected chi connectivity index (χ1v) is 4.84. The predicted molar refractivity (Wildman–Crippen MR) is 57.0 cm³/mol. The zero-order valence-electron chi connectivity index (χ0n) is 9.28. The molecule has 0 fully saturated rings. The Bertz CT molecular complexity index is 271. The van der Waals surface area contributed by atoms with Crippen LogP contribution in [0, 0.1) is 11.3 Å². The van der Waals surface area contributed by atoms with Crippen LogP contribution in [-0.2, 0) is 9.53 Å². The van der Waals surface area contributed by atoms with Crippen LogP contribution in [0.3, 0.4) is 0 Å². The molecule has 0 heterocycles. The summed E-state index contributed by atoms with van der Waals surface area (Å²) in [7, 11) is 1.66. The Morgan fingerprint density at radius 1 is 1.36 bits per heavy atom. The van der Waals surface area contributed by atoms with E-state index in [0.717, 1.165) is 6.29 Å². The minimum absolute atomic E-state index is 0.103. The van der Waals surface area contributed by atoms with Crippen molar-refractivity contribution in [1.82, 2.24) is 0 Å². The fraction of sp³-hybridized carbons (Fsp3) is 0.583. The molecule has 78 valence electrons. The van der Waals surface area contributed by atoms with E-state index in [0.29, 0.717) is 0 Å². The molecule has 14 heavy (non-hydrogen) atoms. The van der Waals surface area contributed by atoms with E-state index in [1.807, 2.05) is 24.3 Å². The molecule has 0 saturated carbocycles. The van der Waals surface area contributed by atoms with E-state index < -0.39 is 5.60 Å². The standard InChI is InChI=1S/C12H18O2/c1-11(2,3)12(14-4)8-6-5-7-10(12)9-13/h5-10H,1-4H3. The second kappa shape index (κ2) is 3.70. The molecule has 2 atom stereocenters. The van der Waals surface area contributed by atoms with Crippen molar-refractivity contribution in [3.8, 4) is 0 Å². The van der Waals surface area contributed by atoms with Crippen LogP contribution < -0.4 is 0 Å². The zero-order valence-corrected chi connectivity index (χ0v) is 9.28. The minimum Gasteiger partial charge on any atom is -0.373 e. The third-order valence-electron chi connectivity index (χ3n) is 2.93. The molecular formula is C12H18O2. The van der Waals surface area contributed by atoms with Crippen molar-refractivity contribution in [1.29, 1.82) is 0 Å². The lowest BCUT2D eigenvalue weighted by Gasteiger charge is -2.45. The summed E-state index contributed by atoms with van der Waals surface area (Å²) in [5, 5.41) is 0. The maximum atomic E-state index is 11.0. The topological polar surface area (TPSA) is 26.3 Å². The Morgan fingerprint density at radius 2 is 2.00 bits per heavy atom. The van der Waals surface area contributed by atoms with Crippen LogP contribution >= 0.6 is 0 Å². The lowest BCUT2D eigenvalue weighted by atomic mass is 9.67. The number of hydrogen-bond acceptors (Lipinski definition) is 2. The summed E-state index contributed by atoms with van der Waals surface area (Å²) in [6.07, 6.45) is 8.65. The average molecular weight is 194 g/mol. The van der Waals surface area contributed by atoms with E-state index in [1.54, 1.807) is 7.11 Å². The molecule has 1 aliphatic rings. The van der Waals surface area contributed by atoms with Gasteiger partial charge in [0.05, 0.1) is 5.92 Å². The first-order chi connectivity index (χ1) is 6.48. The molecule has 1 aliphatic carbocycles. The van der Waals surface area contributed by atoms with Gasteiger partial charge in [-0.05, 0) is 5.41 Å². The molecule has 0 radical (unpaired) electrons. The smallest absolute Gasteiger partial charge is 0.130 e. The third kappa shape index (κ3) is 1.55. The fourth-order valence-electron chi connectivity index (χ4n) is 2.04. The van der Waals surface area contributed by atoms with Crippen LogP contribution in [0.1, 0.15) is 20.8 Å². The van der Waals surface area contributed by atoms with Gasteiger partial charge in [-0.2, -0.15) is 0 Å². The molecule has 0 saturated heterocycles. The van der Waals surface area contributed by atoms with Gasteiger partial charge in [0.1, 0.15) is 11.9 Å². The van der Waals surface area contributed by atoms with Crippen molar-refractivity contribution in [2.75, 3.05) is 7.11 Å². The molecule has 1 rings (SSSR count). The first-order valence-electron chi connectivity index (χ1n) is 4.84. The monoisotopic (exact) mass is 194 g/mol. The summed E-state index contributed by atoms with van der Waals surface area (Å²) in [6, 6.07) is 0. The Labute approximate surface area is 85.6 Å². The molecule has 0 aromatic heterocycles. The van der Waals surface area contributed by atoms with Gasteiger partial charge in [-0.15, -0.1) is 0 Å². The number of carbonyl (C=O) groups excluding carboxylic acids is 1. The van der Waals surface area contributed by atoms with Crippen LogP contribution in [-0.4, -0.2) is 19.0 Å². The van der Waals surface area contributed by atoms with E-state index in [9.17, 15) is 4.79 Å². The molecule has 2 unspecified atom stereocenters. The minimum atomic E-state index is -0.510. The van der Waals surface area contributed by atoms with Gasteiger partial charge in [-0.1, -0.05) is 45.1 Å². The van der Waals surface area contributed by atoms with E-state index in [-0.39, 0.29) is 11.3 Å². The Morgan fingerprint density at radius 3 is 2.36 bits per heavy atom. The van der Waals surface area contributed by atoms with E-state index >= 15 is 0 Å². The van der Waals surface area contributed by atoms with Gasteiger partial charge in [0, 0.05) is 7.11 Å². The van der Waals surface area contributed by atoms with Crippen molar-refractivity contribution in [2.24, 2.45) is 11.3 Å². The number of hydrogen-bond donors (Lipinski definition) is 0. The Balaban J connectivity index is 3.15. The summed E-state index contributed by atoms with van der Waals surface area (Å²) < 4.78 is 5.58. The van der Waals surface area contributed by atoms with Crippen LogP contribution in [0.4, 0.5) is 0 Å². The van der Waals surface area contributed by atoms with Crippen LogP contribution in [0.5, 0.6) is 0 Å². The number of ether oxygens (including phenoxy) is 1. The second-order valence-corrected chi connectivity index (χ2v) is 4.65. The molecule has 0 aromatic carbocycles. The van der Waals surface area contributed by atoms with Crippen molar-refractivity contribution < 1.29 is 9.53 Å². The van der Waals surface area contributed by atoms with E-state index in [4.69, 9.17) is 4.74 Å². The van der Waals surface area contributed by atoms with Gasteiger partial charge in [0.25, 0.3) is 0 Å². The number of allylic oxidation sites excluding steroid dienone is 2. The Kier molecular flexibility index (Phi) is 2.95. The third-order valence-corrected chi connectivity index (χ3v) is 2.93. The highest BCUT2D eigenvalue weighted by Gasteiger charge is 2.46. The van der Waals surface area contributed by atoms with Crippen molar-refractivity contribution in [2.45, 2.75) is 26.4 Å². The highest BCUT2D eigenvalue weighted by molar-refractivity contribution is 5.61. The van der Waals surface area contributed by atoms with Crippen LogP contribution in [0.15, 0.2) is 24.3 Å². The van der Waals surface area contributed by atoms with Gasteiger partial charge in [-0.25, -0.2) is 0 Å². The number of aldehydes is 1. The normalized spacial score (nSPS) is 31.9. The van der Waals surface area contributed by atoms with E-state index in [1.165, 1.54) is 0 Å². The lowest BCUT2D eigenvalue weighted by molar-refractivity contribution is -0.126.